The van der Waals surface area contributed by atoms with Gasteiger partial charge in [0, 0.05) is 6.92 Å². The molecule has 20 heavy (non-hydrogen) atoms. The molecule has 6 heteroatoms. The summed E-state index contributed by atoms with van der Waals surface area (Å²) in [6.07, 6.45) is 7.40. The number of carbonyl (C=O) groups is 2. The highest BCUT2D eigenvalue weighted by Gasteiger charge is 2.34. The summed E-state index contributed by atoms with van der Waals surface area (Å²) in [6.45, 7) is 1.38. The van der Waals surface area contributed by atoms with Gasteiger partial charge < -0.3 is 15.7 Å². The van der Waals surface area contributed by atoms with Gasteiger partial charge in [0.05, 0.1) is 12.1 Å². The second kappa shape index (κ2) is 8.52. The van der Waals surface area contributed by atoms with Gasteiger partial charge in [-0.2, -0.15) is 11.8 Å². The third-order valence-electron chi connectivity index (χ3n) is 3.81. The molecule has 0 saturated heterocycles. The van der Waals surface area contributed by atoms with Crippen LogP contribution in [-0.2, 0) is 9.59 Å². The summed E-state index contributed by atoms with van der Waals surface area (Å²) in [5, 5.41) is 15.3. The van der Waals surface area contributed by atoms with Gasteiger partial charge >= 0.3 is 0 Å². The molecule has 0 radical (unpaired) electrons. The summed E-state index contributed by atoms with van der Waals surface area (Å²) in [7, 11) is 0. The van der Waals surface area contributed by atoms with Crippen LogP contribution in [0.5, 0.6) is 0 Å². The van der Waals surface area contributed by atoms with Crippen LogP contribution in [0.2, 0.25) is 0 Å². The van der Waals surface area contributed by atoms with Crippen LogP contribution < -0.4 is 10.6 Å². The zero-order chi connectivity index (χ0) is 15.0. The van der Waals surface area contributed by atoms with Gasteiger partial charge in [0.25, 0.3) is 0 Å². The Bertz CT molecular complexity index is 330. The molecule has 0 unspecified atom stereocenters. The van der Waals surface area contributed by atoms with E-state index in [1.165, 1.54) is 6.92 Å². The molecule has 1 rings (SSSR count). The van der Waals surface area contributed by atoms with E-state index < -0.39 is 11.6 Å². The van der Waals surface area contributed by atoms with E-state index in [0.717, 1.165) is 37.9 Å². The standard InChI is InChI=1S/C14H26N2O3S/c1-11(18)15-12(6-9-20-2)13(19)16-14(10-17)7-4-3-5-8-14/h12,17H,3-10H2,1-2H3,(H,15,18)(H,16,19)/t12-/m0/s1. The van der Waals surface area contributed by atoms with Crippen LogP contribution in [0.25, 0.3) is 0 Å². The van der Waals surface area contributed by atoms with Gasteiger partial charge in [-0.3, -0.25) is 9.59 Å². The van der Waals surface area contributed by atoms with E-state index in [-0.39, 0.29) is 18.4 Å². The highest BCUT2D eigenvalue weighted by molar-refractivity contribution is 7.98. The lowest BCUT2D eigenvalue weighted by Crippen LogP contribution is -2.58. The molecular formula is C14H26N2O3S. The number of nitrogens with one attached hydrogen (secondary N) is 2. The molecule has 0 aromatic heterocycles. The Morgan fingerprint density at radius 3 is 2.45 bits per heavy atom. The molecule has 5 nitrogen and oxygen atoms in total. The van der Waals surface area contributed by atoms with Crippen molar-refractivity contribution in [3.05, 3.63) is 0 Å². The van der Waals surface area contributed by atoms with Crippen molar-refractivity contribution < 1.29 is 14.7 Å². The molecule has 0 aliphatic heterocycles. The molecule has 116 valence electrons. The number of thioether (sulfide) groups is 1. The van der Waals surface area contributed by atoms with Gasteiger partial charge in [-0.15, -0.1) is 0 Å². The average molecular weight is 302 g/mol. The van der Waals surface area contributed by atoms with E-state index in [9.17, 15) is 14.7 Å². The van der Waals surface area contributed by atoms with Crippen molar-refractivity contribution in [2.45, 2.75) is 57.0 Å². The quantitative estimate of drug-likeness (QED) is 0.657. The third-order valence-corrected chi connectivity index (χ3v) is 4.45. The van der Waals surface area contributed by atoms with Gasteiger partial charge in [-0.25, -0.2) is 0 Å². The number of aliphatic hydroxyl groups is 1. The molecule has 1 aliphatic rings. The van der Waals surface area contributed by atoms with Crippen molar-refractivity contribution in [2.75, 3.05) is 18.6 Å². The van der Waals surface area contributed by atoms with E-state index >= 15 is 0 Å². The summed E-state index contributed by atoms with van der Waals surface area (Å²) < 4.78 is 0. The topological polar surface area (TPSA) is 78.4 Å². The fourth-order valence-electron chi connectivity index (χ4n) is 2.65. The predicted molar refractivity (Wildman–Crippen MR) is 81.6 cm³/mol. The minimum atomic E-state index is -0.509. The molecule has 1 fully saturated rings. The van der Waals surface area contributed by atoms with Crippen LogP contribution in [0.15, 0.2) is 0 Å². The van der Waals surface area contributed by atoms with Crippen LogP contribution in [-0.4, -0.2) is 47.1 Å². The van der Waals surface area contributed by atoms with Crippen molar-refractivity contribution in [3.8, 4) is 0 Å². The second-order valence-corrected chi connectivity index (χ2v) is 6.51. The molecule has 0 bridgehead atoms. The van der Waals surface area contributed by atoms with Crippen LogP contribution in [0.1, 0.15) is 45.4 Å². The van der Waals surface area contributed by atoms with Gasteiger partial charge in [0.1, 0.15) is 6.04 Å². The van der Waals surface area contributed by atoms with Crippen molar-refractivity contribution in [2.24, 2.45) is 0 Å². The fraction of sp³-hybridized carbons (Fsp3) is 0.857. The summed E-state index contributed by atoms with van der Waals surface area (Å²) in [5.74, 6) is 0.433. The molecule has 0 heterocycles. The fourth-order valence-corrected chi connectivity index (χ4v) is 3.12. The second-order valence-electron chi connectivity index (χ2n) is 5.52. The molecule has 1 saturated carbocycles. The van der Waals surface area contributed by atoms with Gasteiger partial charge in [-0.1, -0.05) is 19.3 Å². The van der Waals surface area contributed by atoms with Gasteiger partial charge in [0.2, 0.25) is 11.8 Å². The Morgan fingerprint density at radius 1 is 1.30 bits per heavy atom. The largest absolute Gasteiger partial charge is 0.394 e. The molecule has 3 N–H and O–H groups in total. The maximum atomic E-state index is 12.4. The monoisotopic (exact) mass is 302 g/mol. The van der Waals surface area contributed by atoms with E-state index in [2.05, 4.69) is 10.6 Å². The summed E-state index contributed by atoms with van der Waals surface area (Å²) >= 11 is 1.64. The first-order chi connectivity index (χ1) is 9.53. The maximum absolute atomic E-state index is 12.4. The Morgan fingerprint density at radius 2 is 1.95 bits per heavy atom. The van der Waals surface area contributed by atoms with Crippen molar-refractivity contribution >= 4 is 23.6 Å². The number of hydrogen-bond donors (Lipinski definition) is 3. The first-order valence-electron chi connectivity index (χ1n) is 7.22. The lowest BCUT2D eigenvalue weighted by molar-refractivity contribution is -0.130. The Balaban J connectivity index is 2.64. The zero-order valence-electron chi connectivity index (χ0n) is 12.4. The van der Waals surface area contributed by atoms with Crippen LogP contribution in [0, 0.1) is 0 Å². The predicted octanol–water partition coefficient (Wildman–Crippen LogP) is 1.06. The van der Waals surface area contributed by atoms with E-state index in [4.69, 9.17) is 0 Å². The SMILES string of the molecule is CSCC[C@H](NC(C)=O)C(=O)NC1(CO)CCCCC1. The Labute approximate surface area is 125 Å². The first kappa shape index (κ1) is 17.3. The van der Waals surface area contributed by atoms with Crippen molar-refractivity contribution in [3.63, 3.8) is 0 Å². The molecule has 1 atom stereocenters. The van der Waals surface area contributed by atoms with Crippen molar-refractivity contribution in [1.29, 1.82) is 0 Å². The lowest BCUT2D eigenvalue weighted by atomic mass is 9.82. The van der Waals surface area contributed by atoms with Gasteiger partial charge in [0.15, 0.2) is 0 Å². The molecule has 0 aromatic rings. The summed E-state index contributed by atoms with van der Waals surface area (Å²) in [5.41, 5.74) is -0.495. The smallest absolute Gasteiger partial charge is 0.243 e. The highest BCUT2D eigenvalue weighted by Crippen LogP contribution is 2.27. The Hall–Kier alpha value is -0.750. The molecule has 0 spiro atoms. The third kappa shape index (κ3) is 5.32. The van der Waals surface area contributed by atoms with Crippen LogP contribution in [0.3, 0.4) is 0 Å². The molecule has 1 aliphatic carbocycles. The van der Waals surface area contributed by atoms with Crippen LogP contribution in [0.4, 0.5) is 0 Å². The Kier molecular flexibility index (Phi) is 7.37. The number of aliphatic hydroxyl groups excluding tert-OH is 1. The minimum Gasteiger partial charge on any atom is -0.394 e. The minimum absolute atomic E-state index is 0.0337. The average Bonchev–Trinajstić information content (AvgIpc) is 2.44. The molecular weight excluding hydrogens is 276 g/mol. The first-order valence-corrected chi connectivity index (χ1v) is 8.61. The zero-order valence-corrected chi connectivity index (χ0v) is 13.2. The number of hydrogen-bond acceptors (Lipinski definition) is 4. The van der Waals surface area contributed by atoms with Crippen LogP contribution >= 0.6 is 11.8 Å². The normalized spacial score (nSPS) is 19.1. The number of rotatable bonds is 7. The number of amides is 2. The molecule has 2 amide bonds. The van der Waals surface area contributed by atoms with E-state index in [1.54, 1.807) is 11.8 Å². The van der Waals surface area contributed by atoms with Gasteiger partial charge in [-0.05, 0) is 31.3 Å². The lowest BCUT2D eigenvalue weighted by Gasteiger charge is -2.37. The molecule has 0 aromatic carbocycles. The van der Waals surface area contributed by atoms with Crippen molar-refractivity contribution in [1.82, 2.24) is 10.6 Å². The summed E-state index contributed by atoms with van der Waals surface area (Å²) in [6, 6.07) is -0.509. The van der Waals surface area contributed by atoms with E-state index in [0.29, 0.717) is 6.42 Å². The maximum Gasteiger partial charge on any atom is 0.243 e. The highest BCUT2D eigenvalue weighted by atomic mass is 32.2. The summed E-state index contributed by atoms with van der Waals surface area (Å²) in [4.78, 5) is 23.6. The van der Waals surface area contributed by atoms with E-state index in [1.807, 2.05) is 6.26 Å². The number of carbonyl (C=O) groups excluding carboxylic acids is 2.